The molecule has 0 aliphatic rings. The highest BCUT2D eigenvalue weighted by molar-refractivity contribution is 8.00. The number of carbonyl (C=O) groups excluding carboxylic acids is 1. The minimum Gasteiger partial charge on any atom is -0.324 e. The lowest BCUT2D eigenvalue weighted by Gasteiger charge is -2.11. The molecular weight excluding hydrogens is 292 g/mol. The average Bonchev–Trinajstić information content (AvgIpc) is 2.46. The van der Waals surface area contributed by atoms with E-state index in [9.17, 15) is 4.79 Å². The van der Waals surface area contributed by atoms with E-state index in [-0.39, 0.29) is 5.91 Å². The van der Waals surface area contributed by atoms with Gasteiger partial charge in [0.15, 0.2) is 0 Å². The van der Waals surface area contributed by atoms with Crippen molar-refractivity contribution in [2.45, 2.75) is 25.7 Å². The zero-order valence-corrected chi connectivity index (χ0v) is 13.8. The summed E-state index contributed by atoms with van der Waals surface area (Å²) in [7, 11) is 0. The Balaban J connectivity index is 2.04. The van der Waals surface area contributed by atoms with Gasteiger partial charge in [0.1, 0.15) is 6.07 Å². The van der Waals surface area contributed by atoms with Gasteiger partial charge in [-0.3, -0.25) is 4.79 Å². The topological polar surface area (TPSA) is 52.9 Å². The third-order valence-electron chi connectivity index (χ3n) is 3.27. The molecular formula is C18H18N2OS. The van der Waals surface area contributed by atoms with Crippen LogP contribution in [0.5, 0.6) is 0 Å². The van der Waals surface area contributed by atoms with Gasteiger partial charge in [-0.25, -0.2) is 0 Å². The zero-order valence-electron chi connectivity index (χ0n) is 12.9. The summed E-state index contributed by atoms with van der Waals surface area (Å²) in [6.45, 7) is 6.19. The quantitative estimate of drug-likeness (QED) is 0.860. The van der Waals surface area contributed by atoms with Crippen molar-refractivity contribution in [3.63, 3.8) is 0 Å². The molecule has 1 amide bonds. The lowest BCUT2D eigenvalue weighted by molar-refractivity contribution is -0.113. The van der Waals surface area contributed by atoms with Crippen molar-refractivity contribution < 1.29 is 4.79 Å². The largest absolute Gasteiger partial charge is 0.324 e. The Morgan fingerprint density at radius 3 is 2.45 bits per heavy atom. The molecule has 0 aliphatic heterocycles. The maximum Gasteiger partial charge on any atom is 0.234 e. The normalized spacial score (nSPS) is 10.1. The maximum atomic E-state index is 12.1. The van der Waals surface area contributed by atoms with E-state index in [0.29, 0.717) is 17.0 Å². The summed E-state index contributed by atoms with van der Waals surface area (Å²) in [5, 5.41) is 11.8. The predicted molar refractivity (Wildman–Crippen MR) is 91.2 cm³/mol. The standard InChI is InChI=1S/C18H18N2OS/c1-12-8-13(2)18(14(3)9-12)22-11-17(21)20-16-7-5-4-6-15(16)10-19/h4-9H,11H2,1-3H3,(H,20,21). The Morgan fingerprint density at radius 1 is 1.18 bits per heavy atom. The van der Waals surface area contributed by atoms with Gasteiger partial charge in [0.2, 0.25) is 5.91 Å². The van der Waals surface area contributed by atoms with Crippen LogP contribution in [0.15, 0.2) is 41.3 Å². The van der Waals surface area contributed by atoms with Gasteiger partial charge >= 0.3 is 0 Å². The van der Waals surface area contributed by atoms with Crippen LogP contribution in [0.25, 0.3) is 0 Å². The second-order valence-electron chi connectivity index (χ2n) is 5.22. The van der Waals surface area contributed by atoms with Crippen molar-refractivity contribution in [1.29, 1.82) is 5.26 Å². The van der Waals surface area contributed by atoms with Gasteiger partial charge in [-0.2, -0.15) is 5.26 Å². The van der Waals surface area contributed by atoms with E-state index in [2.05, 4.69) is 44.3 Å². The number of benzene rings is 2. The van der Waals surface area contributed by atoms with Crippen molar-refractivity contribution >= 4 is 23.4 Å². The fourth-order valence-corrected chi connectivity index (χ4v) is 3.33. The van der Waals surface area contributed by atoms with Crippen molar-refractivity contribution in [3.05, 3.63) is 58.7 Å². The summed E-state index contributed by atoms with van der Waals surface area (Å²) in [5.41, 5.74) is 4.64. The van der Waals surface area contributed by atoms with E-state index in [1.165, 1.54) is 28.5 Å². The second-order valence-corrected chi connectivity index (χ2v) is 6.21. The number of amides is 1. The molecule has 0 fully saturated rings. The highest BCUT2D eigenvalue weighted by Gasteiger charge is 2.10. The van der Waals surface area contributed by atoms with Gasteiger partial charge in [0.25, 0.3) is 0 Å². The number of para-hydroxylation sites is 1. The van der Waals surface area contributed by atoms with Crippen LogP contribution in [0.1, 0.15) is 22.3 Å². The lowest BCUT2D eigenvalue weighted by atomic mass is 10.1. The Kier molecular flexibility index (Phi) is 5.24. The molecule has 0 spiro atoms. The van der Waals surface area contributed by atoms with Gasteiger partial charge < -0.3 is 5.32 Å². The molecule has 0 atom stereocenters. The Morgan fingerprint density at radius 2 is 1.82 bits per heavy atom. The monoisotopic (exact) mass is 310 g/mol. The number of thioether (sulfide) groups is 1. The first-order chi connectivity index (χ1) is 10.5. The first-order valence-corrected chi connectivity index (χ1v) is 7.99. The van der Waals surface area contributed by atoms with Crippen molar-refractivity contribution in [2.75, 3.05) is 11.1 Å². The molecule has 4 heteroatoms. The van der Waals surface area contributed by atoms with Gasteiger partial charge in [-0.1, -0.05) is 29.8 Å². The number of hydrogen-bond acceptors (Lipinski definition) is 3. The Bertz CT molecular complexity index is 724. The molecule has 2 rings (SSSR count). The molecule has 0 radical (unpaired) electrons. The first kappa shape index (κ1) is 16.1. The number of aryl methyl sites for hydroxylation is 3. The number of nitrogens with one attached hydrogen (secondary N) is 1. The number of rotatable bonds is 4. The van der Waals surface area contributed by atoms with E-state index in [1.54, 1.807) is 24.3 Å². The van der Waals surface area contributed by atoms with Crippen molar-refractivity contribution in [2.24, 2.45) is 0 Å². The van der Waals surface area contributed by atoms with Crippen LogP contribution in [0.3, 0.4) is 0 Å². The molecule has 0 heterocycles. The third-order valence-corrected chi connectivity index (χ3v) is 4.61. The van der Waals surface area contributed by atoms with Crippen LogP contribution < -0.4 is 5.32 Å². The Labute approximate surface area is 135 Å². The molecule has 2 aromatic rings. The summed E-state index contributed by atoms with van der Waals surface area (Å²) >= 11 is 1.53. The zero-order chi connectivity index (χ0) is 16.1. The molecule has 0 saturated heterocycles. The summed E-state index contributed by atoms with van der Waals surface area (Å²) in [5.74, 6) is 0.219. The highest BCUT2D eigenvalue weighted by Crippen LogP contribution is 2.27. The average molecular weight is 310 g/mol. The molecule has 3 nitrogen and oxygen atoms in total. The van der Waals surface area contributed by atoms with Crippen molar-refractivity contribution in [3.8, 4) is 6.07 Å². The minimum absolute atomic E-state index is 0.105. The third kappa shape index (κ3) is 3.90. The van der Waals surface area contributed by atoms with E-state index in [4.69, 9.17) is 5.26 Å². The molecule has 0 bridgehead atoms. The number of hydrogen-bond donors (Lipinski definition) is 1. The van der Waals surface area contributed by atoms with Crippen LogP contribution in [0, 0.1) is 32.1 Å². The molecule has 112 valence electrons. The Hall–Kier alpha value is -2.25. The van der Waals surface area contributed by atoms with Gasteiger partial charge in [-0.05, 0) is 44.0 Å². The first-order valence-electron chi connectivity index (χ1n) is 7.01. The van der Waals surface area contributed by atoms with E-state index < -0.39 is 0 Å². The fourth-order valence-electron chi connectivity index (χ4n) is 2.41. The van der Waals surface area contributed by atoms with Gasteiger partial charge in [0, 0.05) is 4.90 Å². The summed E-state index contributed by atoms with van der Waals surface area (Å²) in [4.78, 5) is 13.2. The molecule has 0 saturated carbocycles. The van der Waals surface area contributed by atoms with Gasteiger partial charge in [0.05, 0.1) is 17.0 Å². The number of nitrogens with zero attached hydrogens (tertiary/aromatic N) is 1. The lowest BCUT2D eigenvalue weighted by Crippen LogP contribution is -2.15. The molecule has 22 heavy (non-hydrogen) atoms. The molecule has 1 N–H and O–H groups in total. The second kappa shape index (κ2) is 7.15. The van der Waals surface area contributed by atoms with Crippen LogP contribution in [0.2, 0.25) is 0 Å². The number of anilines is 1. The molecule has 2 aromatic carbocycles. The minimum atomic E-state index is -0.105. The van der Waals surface area contributed by atoms with Crippen molar-refractivity contribution in [1.82, 2.24) is 0 Å². The number of carbonyl (C=O) groups is 1. The molecule has 0 aromatic heterocycles. The molecule has 0 unspecified atom stereocenters. The van der Waals surface area contributed by atoms with Crippen LogP contribution in [-0.2, 0) is 4.79 Å². The van der Waals surface area contributed by atoms with E-state index >= 15 is 0 Å². The molecule has 0 aliphatic carbocycles. The predicted octanol–water partition coefficient (Wildman–Crippen LogP) is 4.21. The summed E-state index contributed by atoms with van der Waals surface area (Å²) < 4.78 is 0. The summed E-state index contributed by atoms with van der Waals surface area (Å²) in [6.07, 6.45) is 0. The van der Waals surface area contributed by atoms with Crippen LogP contribution in [-0.4, -0.2) is 11.7 Å². The maximum absolute atomic E-state index is 12.1. The SMILES string of the molecule is Cc1cc(C)c(SCC(=O)Nc2ccccc2C#N)c(C)c1. The summed E-state index contributed by atoms with van der Waals surface area (Å²) in [6, 6.07) is 13.3. The highest BCUT2D eigenvalue weighted by atomic mass is 32.2. The smallest absolute Gasteiger partial charge is 0.234 e. The van der Waals surface area contributed by atoms with Gasteiger partial charge in [-0.15, -0.1) is 11.8 Å². The number of nitriles is 1. The van der Waals surface area contributed by atoms with E-state index in [1.807, 2.05) is 0 Å². The fraction of sp³-hybridized carbons (Fsp3) is 0.222. The van der Waals surface area contributed by atoms with E-state index in [0.717, 1.165) is 4.90 Å². The van der Waals surface area contributed by atoms with Crippen LogP contribution >= 0.6 is 11.8 Å². The van der Waals surface area contributed by atoms with Crippen LogP contribution in [0.4, 0.5) is 5.69 Å².